The lowest BCUT2D eigenvalue weighted by Crippen LogP contribution is -2.54. The number of hydrogen-bond acceptors (Lipinski definition) is 5. The zero-order valence-electron chi connectivity index (χ0n) is 24.6. The van der Waals surface area contributed by atoms with Gasteiger partial charge in [0, 0.05) is 78.2 Å². The Kier molecular flexibility index (Phi) is 8.84. The van der Waals surface area contributed by atoms with Gasteiger partial charge in [0.05, 0.1) is 19.2 Å². The molecule has 0 amide bonds. The topological polar surface area (TPSA) is 49.7 Å². The highest BCUT2D eigenvalue weighted by molar-refractivity contribution is 6.30. The van der Waals surface area contributed by atoms with Crippen molar-refractivity contribution in [3.05, 3.63) is 107 Å². The van der Waals surface area contributed by atoms with E-state index in [4.69, 9.17) is 16.3 Å². The number of hydrogen-bond donors (Lipinski definition) is 1. The van der Waals surface area contributed by atoms with Crippen molar-refractivity contribution in [1.29, 1.82) is 0 Å². The molecule has 8 heteroatoms. The number of halogens is 2. The Morgan fingerprint density at radius 1 is 1.05 bits per heavy atom. The molecule has 2 unspecified atom stereocenters. The Bertz CT molecular complexity index is 1600. The molecule has 3 aromatic carbocycles. The molecule has 43 heavy (non-hydrogen) atoms. The van der Waals surface area contributed by atoms with Crippen molar-refractivity contribution in [3.63, 3.8) is 0 Å². The second kappa shape index (κ2) is 12.9. The van der Waals surface area contributed by atoms with Crippen LogP contribution in [-0.4, -0.2) is 65.5 Å². The smallest absolute Gasteiger partial charge is 0.176 e. The van der Waals surface area contributed by atoms with Gasteiger partial charge in [0.1, 0.15) is 11.6 Å². The van der Waals surface area contributed by atoms with E-state index in [9.17, 15) is 9.18 Å². The molecule has 1 aromatic heterocycles. The number of nitrogens with one attached hydrogen (secondary N) is 1. The van der Waals surface area contributed by atoms with Crippen LogP contribution in [0.15, 0.2) is 79.5 Å². The first kappa shape index (κ1) is 29.4. The van der Waals surface area contributed by atoms with Crippen molar-refractivity contribution in [2.24, 2.45) is 0 Å². The van der Waals surface area contributed by atoms with E-state index in [1.165, 1.54) is 25.0 Å². The Balaban J connectivity index is 1.09. The molecule has 0 aliphatic carbocycles. The van der Waals surface area contributed by atoms with E-state index >= 15 is 0 Å². The van der Waals surface area contributed by atoms with Crippen molar-refractivity contribution in [2.45, 2.75) is 44.4 Å². The molecule has 2 aliphatic heterocycles. The first-order valence-corrected chi connectivity index (χ1v) is 15.4. The molecule has 3 heterocycles. The summed E-state index contributed by atoms with van der Waals surface area (Å²) in [7, 11) is 1.71. The lowest BCUT2D eigenvalue weighted by molar-refractivity contribution is 0.0588. The van der Waals surface area contributed by atoms with Crippen LogP contribution in [0.25, 0.3) is 16.6 Å². The van der Waals surface area contributed by atoms with Gasteiger partial charge in [-0.2, -0.15) is 0 Å². The standard InChI is InChI=1S/C35H38ClFN4O2/c1-24(38-19-25-6-3-7-28(37)18-25)32-22-40(35-31(32)8-4-9-34(35)43-2)16-5-17-41-29-14-15-30(41)21-39(20-29)23-33(42)26-10-12-27(36)13-11-26/h3-4,6-13,18,22,29-30,38H,1,5,14-17,19-21,23H2,2H3. The number of ether oxygens (including phenoxy) is 1. The SMILES string of the molecule is C=C(NCc1cccc(F)c1)c1cn(CCCN2C3CCC2CN(CC(=O)c2ccc(Cl)cc2)C3)c2c(OC)cccc12. The summed E-state index contributed by atoms with van der Waals surface area (Å²) in [6, 6.07) is 20.9. The Morgan fingerprint density at radius 2 is 1.79 bits per heavy atom. The van der Waals surface area contributed by atoms with Crippen molar-refractivity contribution in [2.75, 3.05) is 33.3 Å². The van der Waals surface area contributed by atoms with Gasteiger partial charge >= 0.3 is 0 Å². The molecule has 2 aliphatic rings. The van der Waals surface area contributed by atoms with Crippen molar-refractivity contribution in [3.8, 4) is 5.75 Å². The molecule has 6 rings (SSSR count). The normalized spacial score (nSPS) is 18.7. The zero-order chi connectivity index (χ0) is 29.9. The maximum atomic E-state index is 13.7. The molecule has 2 atom stereocenters. The summed E-state index contributed by atoms with van der Waals surface area (Å²) >= 11 is 6.00. The number of piperazine rings is 1. The molecule has 1 N–H and O–H groups in total. The Labute approximate surface area is 257 Å². The van der Waals surface area contributed by atoms with Gasteiger partial charge in [-0.15, -0.1) is 0 Å². The molecule has 6 nitrogen and oxygen atoms in total. The van der Waals surface area contributed by atoms with Gasteiger partial charge in [-0.25, -0.2) is 4.39 Å². The predicted molar refractivity (Wildman–Crippen MR) is 171 cm³/mol. The van der Waals surface area contributed by atoms with E-state index in [0.717, 1.165) is 71.6 Å². The number of benzene rings is 3. The highest BCUT2D eigenvalue weighted by Crippen LogP contribution is 2.34. The van der Waals surface area contributed by atoms with Crippen LogP contribution in [0.3, 0.4) is 0 Å². The van der Waals surface area contributed by atoms with Crippen molar-refractivity contribution >= 4 is 34.0 Å². The maximum absolute atomic E-state index is 13.7. The maximum Gasteiger partial charge on any atom is 0.176 e. The van der Waals surface area contributed by atoms with E-state index in [-0.39, 0.29) is 11.6 Å². The van der Waals surface area contributed by atoms with E-state index in [2.05, 4.69) is 38.5 Å². The molecule has 0 radical (unpaired) electrons. The summed E-state index contributed by atoms with van der Waals surface area (Å²) in [6.07, 6.45) is 5.51. The number of fused-ring (bicyclic) bond motifs is 3. The monoisotopic (exact) mass is 600 g/mol. The minimum atomic E-state index is -0.243. The number of carbonyl (C=O) groups excluding carboxylic acids is 1. The average Bonchev–Trinajstić information content (AvgIpc) is 3.49. The minimum absolute atomic E-state index is 0.153. The number of nitrogens with zero attached hydrogens (tertiary/aromatic N) is 3. The quantitative estimate of drug-likeness (QED) is 0.185. The molecule has 2 bridgehead atoms. The van der Waals surface area contributed by atoms with Crippen LogP contribution >= 0.6 is 11.6 Å². The van der Waals surface area contributed by atoms with Gasteiger partial charge in [0.25, 0.3) is 0 Å². The number of carbonyl (C=O) groups is 1. The summed E-state index contributed by atoms with van der Waals surface area (Å²) in [5.41, 5.74) is 4.46. The number of aromatic nitrogens is 1. The van der Waals surface area contributed by atoms with Gasteiger partial charge in [-0.05, 0) is 67.3 Å². The molecule has 2 fully saturated rings. The summed E-state index contributed by atoms with van der Waals surface area (Å²) in [5, 5.41) is 5.11. The van der Waals surface area contributed by atoms with Crippen molar-refractivity contribution in [1.82, 2.24) is 19.7 Å². The second-order valence-corrected chi connectivity index (χ2v) is 12.1. The number of para-hydroxylation sites is 1. The van der Waals surface area contributed by atoms with Crippen LogP contribution < -0.4 is 10.1 Å². The lowest BCUT2D eigenvalue weighted by Gasteiger charge is -2.41. The fourth-order valence-electron chi connectivity index (χ4n) is 6.78. The predicted octanol–water partition coefficient (Wildman–Crippen LogP) is 6.62. The first-order valence-electron chi connectivity index (χ1n) is 15.0. The third-order valence-electron chi connectivity index (χ3n) is 8.86. The van der Waals surface area contributed by atoms with Gasteiger partial charge in [-0.3, -0.25) is 14.6 Å². The molecule has 224 valence electrons. The first-order chi connectivity index (χ1) is 20.9. The molecule has 0 saturated carbocycles. The number of rotatable bonds is 12. The molecule has 2 saturated heterocycles. The van der Waals surface area contributed by atoms with Crippen LogP contribution in [0, 0.1) is 5.82 Å². The van der Waals surface area contributed by atoms with Crippen LogP contribution in [0.5, 0.6) is 5.75 Å². The fraction of sp³-hybridized carbons (Fsp3) is 0.343. The average molecular weight is 601 g/mol. The van der Waals surface area contributed by atoms with Crippen LogP contribution in [-0.2, 0) is 13.1 Å². The van der Waals surface area contributed by atoms with E-state index in [1.807, 2.05) is 30.3 Å². The van der Waals surface area contributed by atoms with Crippen LogP contribution in [0.4, 0.5) is 4.39 Å². The largest absolute Gasteiger partial charge is 0.495 e. The van der Waals surface area contributed by atoms with E-state index < -0.39 is 0 Å². The Hall–Kier alpha value is -3.65. The van der Waals surface area contributed by atoms with Crippen LogP contribution in [0.1, 0.15) is 40.7 Å². The summed E-state index contributed by atoms with van der Waals surface area (Å²) in [6.45, 7) is 8.98. The molecular weight excluding hydrogens is 563 g/mol. The van der Waals surface area contributed by atoms with Crippen LogP contribution in [0.2, 0.25) is 5.02 Å². The molecule has 4 aromatic rings. The third kappa shape index (κ3) is 6.49. The number of ketones is 1. The van der Waals surface area contributed by atoms with Gasteiger partial charge < -0.3 is 14.6 Å². The fourth-order valence-corrected chi connectivity index (χ4v) is 6.91. The number of aryl methyl sites for hydroxylation is 1. The van der Waals surface area contributed by atoms with Crippen molar-refractivity contribution < 1.29 is 13.9 Å². The highest BCUT2D eigenvalue weighted by Gasteiger charge is 2.39. The number of methoxy groups -OCH3 is 1. The molecular formula is C35H38ClFN4O2. The minimum Gasteiger partial charge on any atom is -0.495 e. The highest BCUT2D eigenvalue weighted by atomic mass is 35.5. The van der Waals surface area contributed by atoms with Gasteiger partial charge in [-0.1, -0.05) is 42.4 Å². The number of likely N-dealkylation sites (tertiary alicyclic amines) is 1. The number of Topliss-reactive ketones (excluding diaryl/α,β-unsaturated/α-hetero) is 1. The molecule has 0 spiro atoms. The third-order valence-corrected chi connectivity index (χ3v) is 9.11. The Morgan fingerprint density at radius 3 is 2.51 bits per heavy atom. The second-order valence-electron chi connectivity index (χ2n) is 11.7. The van der Waals surface area contributed by atoms with Gasteiger partial charge in [0.15, 0.2) is 5.78 Å². The summed E-state index contributed by atoms with van der Waals surface area (Å²) in [4.78, 5) is 17.9. The van der Waals surface area contributed by atoms with E-state index in [0.29, 0.717) is 30.2 Å². The summed E-state index contributed by atoms with van der Waals surface area (Å²) in [5.74, 6) is 0.744. The van der Waals surface area contributed by atoms with E-state index in [1.54, 1.807) is 25.3 Å². The zero-order valence-corrected chi connectivity index (χ0v) is 25.3. The summed E-state index contributed by atoms with van der Waals surface area (Å²) < 4.78 is 21.7. The van der Waals surface area contributed by atoms with Gasteiger partial charge in [0.2, 0.25) is 0 Å². The lowest BCUT2D eigenvalue weighted by atomic mass is 10.1.